The third-order valence-electron chi connectivity index (χ3n) is 3.06. The molecule has 1 atom stereocenters. The Morgan fingerprint density at radius 2 is 1.80 bits per heavy atom. The highest BCUT2D eigenvalue weighted by Crippen LogP contribution is 2.17. The molecule has 1 unspecified atom stereocenters. The summed E-state index contributed by atoms with van der Waals surface area (Å²) in [6, 6.07) is 4.16. The minimum absolute atomic E-state index is 0.0631. The molecule has 0 aliphatic carbocycles. The number of rotatable bonds is 6. The minimum atomic E-state index is -2.65. The molecule has 0 aliphatic rings. The molecule has 9 nitrogen and oxygen atoms in total. The van der Waals surface area contributed by atoms with Gasteiger partial charge in [0.05, 0.1) is 0 Å². The molecule has 7 N–H and O–H groups in total. The van der Waals surface area contributed by atoms with E-state index in [0.717, 1.165) is 0 Å². The van der Waals surface area contributed by atoms with Crippen LogP contribution in [0.5, 0.6) is 5.75 Å². The van der Waals surface area contributed by atoms with E-state index < -0.39 is 29.4 Å². The topological polar surface area (TPSA) is 154 Å². The summed E-state index contributed by atoms with van der Waals surface area (Å²) >= 11 is 0. The average Bonchev–Trinajstić information content (AvgIpc) is 2.50. The van der Waals surface area contributed by atoms with E-state index in [9.17, 15) is 19.8 Å². The number of carbonyl (C=O) groups excluding carboxylic acids is 2. The fraction of sp³-hybridized carbons (Fsp3) is 0.375. The van der Waals surface area contributed by atoms with Crippen LogP contribution in [0.15, 0.2) is 24.3 Å². The van der Waals surface area contributed by atoms with Gasteiger partial charge in [-0.15, -0.1) is 0 Å². The van der Waals surface area contributed by atoms with Gasteiger partial charge in [0.1, 0.15) is 11.8 Å². The van der Waals surface area contributed by atoms with Crippen LogP contribution < -0.4 is 21.3 Å². The zero-order chi connectivity index (χ0) is 19.3. The van der Waals surface area contributed by atoms with Crippen molar-refractivity contribution < 1.29 is 29.7 Å². The summed E-state index contributed by atoms with van der Waals surface area (Å²) in [6.07, 6.45) is 0. The predicted octanol–water partition coefficient (Wildman–Crippen LogP) is -0.932. The summed E-state index contributed by atoms with van der Waals surface area (Å²) in [4.78, 5) is 23.9. The molecular weight excluding hydrogens is 330 g/mol. The molecule has 2 amide bonds. The van der Waals surface area contributed by atoms with Crippen LogP contribution in [0.25, 0.3) is 0 Å². The van der Waals surface area contributed by atoms with Gasteiger partial charge in [-0.1, -0.05) is 5.92 Å². The van der Waals surface area contributed by atoms with Crippen molar-refractivity contribution in [2.75, 3.05) is 0 Å². The van der Waals surface area contributed by atoms with Crippen LogP contribution in [0.1, 0.15) is 31.1 Å². The van der Waals surface area contributed by atoms with E-state index in [2.05, 4.69) is 11.2 Å². The van der Waals surface area contributed by atoms with E-state index in [1.54, 1.807) is 0 Å². The summed E-state index contributed by atoms with van der Waals surface area (Å²) in [6.45, 7) is 4.44. The van der Waals surface area contributed by atoms with Crippen LogP contribution in [-0.4, -0.2) is 44.8 Å². The Hall–Kier alpha value is -2.64. The van der Waals surface area contributed by atoms with Gasteiger partial charge < -0.3 is 26.0 Å². The molecular formula is C16H21N3O6. The van der Waals surface area contributed by atoms with Crippen molar-refractivity contribution in [2.45, 2.75) is 38.3 Å². The monoisotopic (exact) mass is 351 g/mol. The van der Waals surface area contributed by atoms with Gasteiger partial charge in [0.15, 0.2) is 0 Å². The Morgan fingerprint density at radius 3 is 2.24 bits per heavy atom. The Morgan fingerprint density at radius 1 is 1.24 bits per heavy atom. The second-order valence-corrected chi connectivity index (χ2v) is 5.81. The van der Waals surface area contributed by atoms with Gasteiger partial charge in [0.25, 0.3) is 11.8 Å². The van der Waals surface area contributed by atoms with E-state index in [1.165, 1.54) is 50.5 Å². The Bertz CT molecular complexity index is 683. The maximum atomic E-state index is 12.2. The molecule has 0 spiro atoms. The molecule has 9 heteroatoms. The van der Waals surface area contributed by atoms with Crippen molar-refractivity contribution >= 4 is 11.8 Å². The number of hydroxylamine groups is 1. The molecule has 136 valence electrons. The first kappa shape index (κ1) is 20.4. The highest BCUT2D eigenvalue weighted by Gasteiger charge is 2.33. The molecule has 0 bridgehead atoms. The van der Waals surface area contributed by atoms with Gasteiger partial charge >= 0.3 is 5.97 Å². The van der Waals surface area contributed by atoms with Gasteiger partial charge in [0, 0.05) is 17.0 Å². The van der Waals surface area contributed by atoms with Crippen molar-refractivity contribution in [3.05, 3.63) is 29.8 Å². The maximum Gasteiger partial charge on any atom is 0.393 e. The summed E-state index contributed by atoms with van der Waals surface area (Å²) in [5, 5.41) is 30.1. The zero-order valence-corrected chi connectivity index (χ0v) is 14.0. The average molecular weight is 351 g/mol. The fourth-order valence-electron chi connectivity index (χ4n) is 1.90. The van der Waals surface area contributed by atoms with E-state index in [-0.39, 0.29) is 11.3 Å². The molecule has 1 rings (SSSR count). The van der Waals surface area contributed by atoms with Gasteiger partial charge in [-0.2, -0.15) is 0 Å². The van der Waals surface area contributed by atoms with E-state index in [1.807, 2.05) is 5.92 Å². The molecule has 25 heavy (non-hydrogen) atoms. The molecule has 1 aromatic rings. The summed E-state index contributed by atoms with van der Waals surface area (Å²) in [5.74, 6) is 0.288. The Kier molecular flexibility index (Phi) is 6.49. The number of carbonyl (C=O) groups is 2. The van der Waals surface area contributed by atoms with Crippen LogP contribution in [0.2, 0.25) is 0 Å². The molecule has 1 aromatic carbocycles. The van der Waals surface area contributed by atoms with Gasteiger partial charge in [-0.3, -0.25) is 14.8 Å². The van der Waals surface area contributed by atoms with Crippen LogP contribution in [0.3, 0.4) is 0 Å². The second-order valence-electron chi connectivity index (χ2n) is 5.81. The summed E-state index contributed by atoms with van der Waals surface area (Å²) < 4.78 is 4.86. The van der Waals surface area contributed by atoms with Crippen molar-refractivity contribution in [3.63, 3.8) is 0 Å². The zero-order valence-electron chi connectivity index (χ0n) is 14.0. The van der Waals surface area contributed by atoms with Gasteiger partial charge in [-0.05, 0) is 45.0 Å². The van der Waals surface area contributed by atoms with Crippen molar-refractivity contribution in [3.8, 4) is 17.6 Å². The first-order valence-electron chi connectivity index (χ1n) is 7.21. The quantitative estimate of drug-likeness (QED) is 0.167. The number of benzene rings is 1. The first-order valence-corrected chi connectivity index (χ1v) is 7.21. The SMILES string of the molecule is CC#CC(O)(O)Oc1ccc(C(=O)NC(C(=O)NO)C(C)(C)N)cc1. The Balaban J connectivity index is 2.89. The van der Waals surface area contributed by atoms with Crippen LogP contribution in [0, 0.1) is 11.8 Å². The summed E-state index contributed by atoms with van der Waals surface area (Å²) in [7, 11) is 0. The highest BCUT2D eigenvalue weighted by molar-refractivity contribution is 5.97. The molecule has 0 radical (unpaired) electrons. The number of hydrogen-bond donors (Lipinski definition) is 6. The molecule has 0 saturated carbocycles. The lowest BCUT2D eigenvalue weighted by Gasteiger charge is -2.29. The molecule has 0 saturated heterocycles. The van der Waals surface area contributed by atoms with E-state index >= 15 is 0 Å². The highest BCUT2D eigenvalue weighted by atomic mass is 16.8. The molecule has 0 heterocycles. The lowest BCUT2D eigenvalue weighted by molar-refractivity contribution is -0.245. The van der Waals surface area contributed by atoms with E-state index in [4.69, 9.17) is 15.7 Å². The maximum absolute atomic E-state index is 12.2. The normalized spacial score (nSPS) is 12.4. The predicted molar refractivity (Wildman–Crippen MR) is 87.1 cm³/mol. The number of hydrogen-bond acceptors (Lipinski definition) is 7. The van der Waals surface area contributed by atoms with Crippen LogP contribution >= 0.6 is 0 Å². The lowest BCUT2D eigenvalue weighted by Crippen LogP contribution is -2.61. The largest absolute Gasteiger partial charge is 0.430 e. The van der Waals surface area contributed by atoms with Crippen LogP contribution in [0.4, 0.5) is 0 Å². The molecule has 0 aliphatic heterocycles. The molecule has 0 aromatic heterocycles. The number of nitrogens with one attached hydrogen (secondary N) is 2. The van der Waals surface area contributed by atoms with Crippen molar-refractivity contribution in [1.82, 2.24) is 10.8 Å². The van der Waals surface area contributed by atoms with E-state index in [0.29, 0.717) is 0 Å². The van der Waals surface area contributed by atoms with Crippen molar-refractivity contribution in [2.24, 2.45) is 5.73 Å². The molecule has 0 fully saturated rings. The minimum Gasteiger partial charge on any atom is -0.430 e. The standard InChI is InChI=1S/C16H21N3O6/c1-4-9-16(22,23)25-11-7-5-10(6-8-11)13(20)18-12(14(21)19-24)15(2,3)17/h5-8,12,22-24H,17H2,1-3H3,(H,18,20)(H,19,21). The first-order chi connectivity index (χ1) is 11.5. The number of amides is 2. The fourth-order valence-corrected chi connectivity index (χ4v) is 1.90. The third-order valence-corrected chi connectivity index (χ3v) is 3.06. The Labute approximate surface area is 144 Å². The van der Waals surface area contributed by atoms with Gasteiger partial charge in [-0.25, -0.2) is 5.48 Å². The summed E-state index contributed by atoms with van der Waals surface area (Å²) in [5.41, 5.74) is 6.32. The number of nitrogens with two attached hydrogens (primary N) is 1. The van der Waals surface area contributed by atoms with Crippen LogP contribution in [-0.2, 0) is 4.79 Å². The van der Waals surface area contributed by atoms with Gasteiger partial charge in [0.2, 0.25) is 0 Å². The smallest absolute Gasteiger partial charge is 0.393 e. The second kappa shape index (κ2) is 7.96. The number of aliphatic hydroxyl groups is 2. The lowest BCUT2D eigenvalue weighted by atomic mass is 9.95. The third kappa shape index (κ3) is 6.06. The van der Waals surface area contributed by atoms with Crippen molar-refractivity contribution in [1.29, 1.82) is 0 Å². The number of ether oxygens (including phenoxy) is 1.